The van der Waals surface area contributed by atoms with Crippen LogP contribution >= 0.6 is 11.8 Å². The van der Waals surface area contributed by atoms with Gasteiger partial charge in [0.15, 0.2) is 0 Å². The lowest BCUT2D eigenvalue weighted by Crippen LogP contribution is -2.41. The van der Waals surface area contributed by atoms with Crippen molar-refractivity contribution in [1.82, 2.24) is 15.3 Å². The van der Waals surface area contributed by atoms with Crippen molar-refractivity contribution in [2.24, 2.45) is 0 Å². The number of aromatic nitrogens is 2. The highest BCUT2D eigenvalue weighted by Gasteiger charge is 2.23. The number of aliphatic carboxylic acids is 1. The second-order valence-electron chi connectivity index (χ2n) is 9.59. The maximum atomic E-state index is 13.4. The Morgan fingerprint density at radius 3 is 2.38 bits per heavy atom. The van der Waals surface area contributed by atoms with Crippen LogP contribution < -0.4 is 10.2 Å². The zero-order valence-corrected chi connectivity index (χ0v) is 23.6. The molecule has 0 fully saturated rings. The summed E-state index contributed by atoms with van der Waals surface area (Å²) in [5, 5.41) is 12.4. The third-order valence-electron chi connectivity index (χ3n) is 6.78. The van der Waals surface area contributed by atoms with Crippen molar-refractivity contribution in [2.75, 3.05) is 23.5 Å². The van der Waals surface area contributed by atoms with Crippen molar-refractivity contribution in [1.29, 1.82) is 0 Å². The van der Waals surface area contributed by atoms with E-state index in [9.17, 15) is 14.7 Å². The molecule has 1 aromatic heterocycles. The van der Waals surface area contributed by atoms with Gasteiger partial charge in [-0.1, -0.05) is 60.7 Å². The normalized spacial score (nSPS) is 11.6. The topological polar surface area (TPSA) is 95.4 Å². The predicted octanol–water partition coefficient (Wildman–Crippen LogP) is 5.64. The molecule has 0 bridgehead atoms. The summed E-state index contributed by atoms with van der Waals surface area (Å²) in [5.41, 5.74) is 6.36. The molecule has 0 aliphatic carbocycles. The van der Waals surface area contributed by atoms with Gasteiger partial charge in [0.25, 0.3) is 5.91 Å². The van der Waals surface area contributed by atoms with Gasteiger partial charge >= 0.3 is 5.97 Å². The van der Waals surface area contributed by atoms with E-state index in [0.717, 1.165) is 40.9 Å². The summed E-state index contributed by atoms with van der Waals surface area (Å²) in [6.45, 7) is 3.36. The van der Waals surface area contributed by atoms with Crippen LogP contribution in [0.3, 0.4) is 0 Å². The van der Waals surface area contributed by atoms with Gasteiger partial charge in [-0.15, -0.1) is 0 Å². The second-order valence-corrected chi connectivity index (χ2v) is 10.6. The lowest BCUT2D eigenvalue weighted by Gasteiger charge is -2.25. The Labute approximate surface area is 239 Å². The van der Waals surface area contributed by atoms with Crippen LogP contribution in [0, 0.1) is 6.92 Å². The molecule has 0 unspecified atom stereocenters. The summed E-state index contributed by atoms with van der Waals surface area (Å²) in [6, 6.07) is 23.1. The van der Waals surface area contributed by atoms with Gasteiger partial charge in [0, 0.05) is 18.7 Å². The summed E-state index contributed by atoms with van der Waals surface area (Å²) in [6.07, 6.45) is 8.26. The van der Waals surface area contributed by atoms with Crippen molar-refractivity contribution < 1.29 is 14.7 Å². The minimum Gasteiger partial charge on any atom is -0.480 e. The molecular formula is C32H34N4O3S. The summed E-state index contributed by atoms with van der Waals surface area (Å²) < 4.78 is 0. The molecule has 0 aliphatic heterocycles. The number of thioether (sulfide) groups is 1. The Morgan fingerprint density at radius 2 is 1.68 bits per heavy atom. The largest absolute Gasteiger partial charge is 0.480 e. The zero-order valence-electron chi connectivity index (χ0n) is 22.8. The third-order valence-corrected chi connectivity index (χ3v) is 7.42. The van der Waals surface area contributed by atoms with Crippen molar-refractivity contribution in [3.8, 4) is 11.1 Å². The Hall–Kier alpha value is -4.17. The van der Waals surface area contributed by atoms with Gasteiger partial charge in [-0.25, -0.2) is 14.8 Å². The molecule has 7 nitrogen and oxygen atoms in total. The number of amides is 1. The number of rotatable bonds is 13. The Morgan fingerprint density at radius 1 is 0.950 bits per heavy atom. The highest BCUT2D eigenvalue weighted by molar-refractivity contribution is 7.98. The molecule has 0 saturated carbocycles. The van der Waals surface area contributed by atoms with Crippen molar-refractivity contribution in [3.05, 3.63) is 114 Å². The lowest BCUT2D eigenvalue weighted by molar-refractivity contribution is -0.139. The number of nitrogens with one attached hydrogen (secondary N) is 1. The molecule has 40 heavy (non-hydrogen) atoms. The summed E-state index contributed by atoms with van der Waals surface area (Å²) in [4.78, 5) is 35.9. The molecule has 1 atom stereocenters. The molecule has 0 spiro atoms. The maximum absolute atomic E-state index is 13.4. The van der Waals surface area contributed by atoms with Gasteiger partial charge in [-0.2, -0.15) is 11.8 Å². The quantitative estimate of drug-likeness (QED) is 0.221. The molecular weight excluding hydrogens is 520 g/mol. The summed E-state index contributed by atoms with van der Waals surface area (Å²) in [5.74, 6) is -0.783. The van der Waals surface area contributed by atoms with Crippen molar-refractivity contribution in [3.63, 3.8) is 0 Å². The van der Waals surface area contributed by atoms with Gasteiger partial charge in [0.05, 0.1) is 18.1 Å². The molecule has 4 rings (SSSR count). The molecule has 3 aromatic carbocycles. The van der Waals surface area contributed by atoms with Crippen LogP contribution in [0.5, 0.6) is 0 Å². The van der Waals surface area contributed by atoms with Crippen LogP contribution in [0.25, 0.3) is 11.1 Å². The van der Waals surface area contributed by atoms with E-state index in [0.29, 0.717) is 24.3 Å². The Bertz CT molecular complexity index is 1420. The number of hydrogen-bond donors (Lipinski definition) is 2. The fourth-order valence-corrected chi connectivity index (χ4v) is 5.07. The highest BCUT2D eigenvalue weighted by atomic mass is 32.2. The standard InChI is InChI=1S/C32H34N4O3S/c1-23-8-6-7-11-27(23)29-18-25(12-13-28(29)31(37)35-30(32(38)39)15-17-40-2)21-36(26-19-33-22-34-20-26)16-14-24-9-4-3-5-10-24/h3-13,18-20,22,30H,14-17,21H2,1-2H3,(H,35,37)(H,38,39)/t30-/m0/s1. The number of carboxylic acid groups (broad SMARTS) is 1. The fraction of sp³-hybridized carbons (Fsp3) is 0.250. The van der Waals surface area contributed by atoms with E-state index in [4.69, 9.17) is 0 Å². The smallest absolute Gasteiger partial charge is 0.326 e. The molecule has 206 valence electrons. The maximum Gasteiger partial charge on any atom is 0.326 e. The predicted molar refractivity (Wildman–Crippen MR) is 162 cm³/mol. The molecule has 8 heteroatoms. The van der Waals surface area contributed by atoms with E-state index in [1.807, 2.05) is 80.2 Å². The van der Waals surface area contributed by atoms with Crippen LogP contribution in [0.2, 0.25) is 0 Å². The van der Waals surface area contributed by atoms with E-state index in [2.05, 4.69) is 32.3 Å². The van der Waals surface area contributed by atoms with Crippen molar-refractivity contribution >= 4 is 29.3 Å². The first kappa shape index (κ1) is 28.8. The number of carbonyl (C=O) groups is 2. The fourth-order valence-electron chi connectivity index (χ4n) is 4.60. The number of aryl methyl sites for hydroxylation is 1. The van der Waals surface area contributed by atoms with Crippen LogP contribution in [0.15, 0.2) is 91.5 Å². The van der Waals surface area contributed by atoms with Crippen LogP contribution in [0.4, 0.5) is 5.69 Å². The minimum atomic E-state index is -1.03. The first-order valence-corrected chi connectivity index (χ1v) is 14.6. The third kappa shape index (κ3) is 7.70. The van der Waals surface area contributed by atoms with E-state index < -0.39 is 17.9 Å². The lowest BCUT2D eigenvalue weighted by atomic mass is 9.93. The number of carboxylic acids is 1. The average molecular weight is 555 g/mol. The van der Waals surface area contributed by atoms with Gasteiger partial charge < -0.3 is 15.3 Å². The Kier molecular flexibility index (Phi) is 10.3. The molecule has 1 heterocycles. The average Bonchev–Trinajstić information content (AvgIpc) is 2.98. The second kappa shape index (κ2) is 14.3. The number of nitrogens with zero attached hydrogens (tertiary/aromatic N) is 3. The van der Waals surface area contributed by atoms with Gasteiger partial charge in [0.1, 0.15) is 12.4 Å². The van der Waals surface area contributed by atoms with E-state index >= 15 is 0 Å². The number of carbonyl (C=O) groups excluding carboxylic acids is 1. The van der Waals surface area contributed by atoms with Crippen LogP contribution in [0.1, 0.15) is 33.5 Å². The monoisotopic (exact) mass is 554 g/mol. The number of anilines is 1. The number of benzene rings is 3. The first-order chi connectivity index (χ1) is 19.5. The molecule has 4 aromatic rings. The highest BCUT2D eigenvalue weighted by Crippen LogP contribution is 2.29. The molecule has 0 aliphatic rings. The van der Waals surface area contributed by atoms with Crippen LogP contribution in [-0.4, -0.2) is 51.5 Å². The van der Waals surface area contributed by atoms with Gasteiger partial charge in [0.2, 0.25) is 0 Å². The summed E-state index contributed by atoms with van der Waals surface area (Å²) >= 11 is 1.55. The van der Waals surface area contributed by atoms with Crippen molar-refractivity contribution in [2.45, 2.75) is 32.4 Å². The number of hydrogen-bond acceptors (Lipinski definition) is 6. The van der Waals surface area contributed by atoms with E-state index in [1.165, 1.54) is 11.9 Å². The Balaban J connectivity index is 1.66. The summed E-state index contributed by atoms with van der Waals surface area (Å²) in [7, 11) is 0. The first-order valence-electron chi connectivity index (χ1n) is 13.2. The van der Waals surface area contributed by atoms with Gasteiger partial charge in [-0.3, -0.25) is 4.79 Å². The minimum absolute atomic E-state index is 0.357. The molecule has 2 N–H and O–H groups in total. The van der Waals surface area contributed by atoms with Gasteiger partial charge in [-0.05, 0) is 71.7 Å². The van der Waals surface area contributed by atoms with E-state index in [1.54, 1.807) is 17.8 Å². The molecule has 1 amide bonds. The van der Waals surface area contributed by atoms with Crippen LogP contribution in [-0.2, 0) is 17.8 Å². The molecule has 0 radical (unpaired) electrons. The molecule has 0 saturated heterocycles. The van der Waals surface area contributed by atoms with E-state index in [-0.39, 0.29) is 0 Å². The SMILES string of the molecule is CSCC[C@H](NC(=O)c1ccc(CN(CCc2ccccc2)c2cncnc2)cc1-c1ccccc1C)C(=O)O. The zero-order chi connectivity index (χ0) is 28.3.